The molecule has 3 nitrogen and oxygen atoms in total. The fraction of sp³-hybridized carbons (Fsp3) is 0.500. The van der Waals surface area contributed by atoms with E-state index < -0.39 is 56.8 Å². The highest BCUT2D eigenvalue weighted by atomic mass is 16.4. The smallest absolute Gasteiger partial charge is 0.423 e. The number of pyridine rings is 1. The molecule has 0 aliphatic rings. The quantitative estimate of drug-likeness (QED) is 0.651. The zero-order chi connectivity index (χ0) is 20.9. The van der Waals surface area contributed by atoms with Crippen LogP contribution in [0.15, 0.2) is 12.1 Å². The fourth-order valence-corrected chi connectivity index (χ4v) is 0.893. The first-order chi connectivity index (χ1) is 11.3. The number of hydrogen-bond acceptors (Lipinski definition) is 3. The molecule has 2 N–H and O–H groups in total. The van der Waals surface area contributed by atoms with Crippen molar-refractivity contribution in [1.29, 1.82) is 0 Å². The van der Waals surface area contributed by atoms with Crippen LogP contribution in [0.2, 0.25) is 0 Å². The monoisotopic (exact) mass is 205 g/mol. The third-order valence-corrected chi connectivity index (χ3v) is 1.53. The lowest BCUT2D eigenvalue weighted by Gasteiger charge is -2.19. The van der Waals surface area contributed by atoms with E-state index in [9.17, 15) is 10.0 Å². The minimum absolute atomic E-state index is 0.574. The molecular weight excluding hydrogens is 177 g/mol. The van der Waals surface area contributed by atoms with E-state index in [1.165, 1.54) is 0 Å². The SMILES string of the molecule is [2H]C([2H])([2H])c1cc(B(O)O)cc(C(C([2H])([2H])[2H])(C([2H])([2H])[2H])C([2H])([2H])[2H])n1. The molecule has 0 saturated carbocycles. The second kappa shape index (κ2) is 3.71. The topological polar surface area (TPSA) is 53.4 Å². The van der Waals surface area contributed by atoms with Gasteiger partial charge in [0.05, 0.1) is 0 Å². The standard InChI is InChI=1S/C10H16BNO2/c1-7-5-8(11(13)14)6-9(12-7)10(2,3)4/h5-6,13-14H,1-4H3/i1D3,2D3,3D3,4D3. The summed E-state index contributed by atoms with van der Waals surface area (Å²) in [4.78, 5) is 3.49. The molecule has 0 saturated heterocycles. The highest BCUT2D eigenvalue weighted by molar-refractivity contribution is 6.58. The molecular formula is C10H16BNO2. The van der Waals surface area contributed by atoms with Gasteiger partial charge in [-0.3, -0.25) is 4.98 Å². The van der Waals surface area contributed by atoms with Crippen molar-refractivity contribution in [2.24, 2.45) is 0 Å². The van der Waals surface area contributed by atoms with Crippen LogP contribution in [0.1, 0.15) is 48.4 Å². The third-order valence-electron chi connectivity index (χ3n) is 1.53. The Morgan fingerprint density at radius 2 is 2.07 bits per heavy atom. The van der Waals surface area contributed by atoms with Crippen LogP contribution in [0.5, 0.6) is 0 Å². The Hall–Kier alpha value is -0.865. The van der Waals surface area contributed by atoms with Gasteiger partial charge in [0.25, 0.3) is 0 Å². The van der Waals surface area contributed by atoms with Crippen molar-refractivity contribution in [1.82, 2.24) is 4.98 Å². The van der Waals surface area contributed by atoms with E-state index in [-0.39, 0.29) is 0 Å². The molecule has 0 bridgehead atoms. The average molecular weight is 205 g/mol. The summed E-state index contributed by atoms with van der Waals surface area (Å²) in [6, 6.07) is 1.29. The molecule has 1 rings (SSSR count). The van der Waals surface area contributed by atoms with Crippen LogP contribution < -0.4 is 5.46 Å². The summed E-state index contributed by atoms with van der Waals surface area (Å²) < 4.78 is 90.5. The van der Waals surface area contributed by atoms with E-state index in [1.807, 2.05) is 0 Å². The van der Waals surface area contributed by atoms with Gasteiger partial charge in [-0.2, -0.15) is 0 Å². The first kappa shape index (κ1) is 3.06. The van der Waals surface area contributed by atoms with Gasteiger partial charge >= 0.3 is 7.12 Å². The average Bonchev–Trinajstić information content (AvgIpc) is 2.32. The van der Waals surface area contributed by atoms with Crippen molar-refractivity contribution in [3.63, 3.8) is 0 Å². The summed E-state index contributed by atoms with van der Waals surface area (Å²) in [7, 11) is -2.31. The predicted molar refractivity (Wildman–Crippen MR) is 57.5 cm³/mol. The van der Waals surface area contributed by atoms with Crippen LogP contribution >= 0.6 is 0 Å². The lowest BCUT2D eigenvalue weighted by molar-refractivity contribution is 0.425. The maximum Gasteiger partial charge on any atom is 0.488 e. The van der Waals surface area contributed by atoms with Gasteiger partial charge in [0.2, 0.25) is 0 Å². The molecule has 0 aliphatic carbocycles. The second-order valence-electron chi connectivity index (χ2n) is 2.79. The first-order valence-corrected chi connectivity index (χ1v) is 3.66. The van der Waals surface area contributed by atoms with Crippen molar-refractivity contribution in [3.05, 3.63) is 23.5 Å². The van der Waals surface area contributed by atoms with E-state index in [0.717, 1.165) is 0 Å². The van der Waals surface area contributed by atoms with Crippen molar-refractivity contribution >= 4 is 12.6 Å². The molecule has 1 aromatic rings. The van der Waals surface area contributed by atoms with E-state index in [0.29, 0.717) is 12.1 Å². The Balaban J connectivity index is 4.09. The summed E-state index contributed by atoms with van der Waals surface area (Å²) >= 11 is 0. The van der Waals surface area contributed by atoms with Gasteiger partial charge in [-0.05, 0) is 24.4 Å². The molecule has 0 unspecified atom stereocenters. The predicted octanol–water partition coefficient (Wildman–Crippen LogP) is 0.367. The summed E-state index contributed by atoms with van der Waals surface area (Å²) in [6.07, 6.45) is 0. The summed E-state index contributed by atoms with van der Waals surface area (Å²) in [5.41, 5.74) is -6.10. The van der Waals surface area contributed by atoms with E-state index in [4.69, 9.17) is 16.4 Å². The Morgan fingerprint density at radius 3 is 2.57 bits per heavy atom. The molecule has 0 atom stereocenters. The molecule has 0 spiro atoms. The highest BCUT2D eigenvalue weighted by Gasteiger charge is 2.19. The molecule has 4 heteroatoms. The lowest BCUT2D eigenvalue weighted by atomic mass is 9.78. The van der Waals surface area contributed by atoms with Crippen molar-refractivity contribution in [2.45, 2.75) is 32.8 Å². The molecule has 0 amide bonds. The van der Waals surface area contributed by atoms with Crippen LogP contribution in [0.4, 0.5) is 0 Å². The molecule has 0 aromatic carbocycles. The van der Waals surface area contributed by atoms with Gasteiger partial charge < -0.3 is 10.0 Å². The Morgan fingerprint density at radius 1 is 1.36 bits per heavy atom. The Kier molecular flexibility index (Phi) is 0.812. The zero-order valence-corrected chi connectivity index (χ0v) is 7.07. The molecule has 1 heterocycles. The van der Waals surface area contributed by atoms with Gasteiger partial charge in [0.15, 0.2) is 0 Å². The lowest BCUT2D eigenvalue weighted by Crippen LogP contribution is -2.32. The largest absolute Gasteiger partial charge is 0.488 e. The highest BCUT2D eigenvalue weighted by Crippen LogP contribution is 2.19. The van der Waals surface area contributed by atoms with Gasteiger partial charge in [-0.15, -0.1) is 0 Å². The van der Waals surface area contributed by atoms with Crippen molar-refractivity contribution in [3.8, 4) is 0 Å². The summed E-state index contributed by atoms with van der Waals surface area (Å²) in [6.45, 7) is -13.9. The van der Waals surface area contributed by atoms with Gasteiger partial charge in [-0.1, -0.05) is 20.6 Å². The minimum Gasteiger partial charge on any atom is -0.423 e. The van der Waals surface area contributed by atoms with E-state index in [2.05, 4.69) is 4.98 Å². The molecule has 14 heavy (non-hydrogen) atoms. The molecule has 0 fully saturated rings. The molecule has 0 radical (unpaired) electrons. The molecule has 1 aromatic heterocycles. The normalized spacial score (nSPS) is 27.9. The number of aromatic nitrogens is 1. The maximum absolute atomic E-state index is 9.33. The van der Waals surface area contributed by atoms with Crippen LogP contribution in [0.3, 0.4) is 0 Å². The summed E-state index contributed by atoms with van der Waals surface area (Å²) in [5.74, 6) is 0. The van der Waals surface area contributed by atoms with Crippen molar-refractivity contribution in [2.75, 3.05) is 0 Å². The number of hydrogen-bond donors (Lipinski definition) is 2. The molecule has 0 aliphatic heterocycles. The molecule has 76 valence electrons. The van der Waals surface area contributed by atoms with E-state index >= 15 is 0 Å². The van der Waals surface area contributed by atoms with Crippen LogP contribution in [0.25, 0.3) is 0 Å². The Labute approximate surface area is 102 Å². The van der Waals surface area contributed by atoms with Gasteiger partial charge in [-0.25, -0.2) is 0 Å². The maximum atomic E-state index is 9.33. The third kappa shape index (κ3) is 2.56. The summed E-state index contributed by atoms with van der Waals surface area (Å²) in [5, 5.41) is 18.7. The number of aryl methyl sites for hydroxylation is 1. The van der Waals surface area contributed by atoms with Gasteiger partial charge in [0.1, 0.15) is 0 Å². The van der Waals surface area contributed by atoms with Crippen LogP contribution in [-0.2, 0) is 5.41 Å². The second-order valence-corrected chi connectivity index (χ2v) is 2.79. The van der Waals surface area contributed by atoms with Crippen LogP contribution in [0, 0.1) is 6.85 Å². The van der Waals surface area contributed by atoms with Crippen molar-refractivity contribution < 1.29 is 26.5 Å². The van der Waals surface area contributed by atoms with Gasteiger partial charge in [0, 0.05) is 33.3 Å². The first-order valence-electron chi connectivity index (χ1n) is 9.66. The number of rotatable bonds is 1. The minimum atomic E-state index is -3.65. The van der Waals surface area contributed by atoms with Crippen LogP contribution in [-0.4, -0.2) is 22.2 Å². The zero-order valence-electron chi connectivity index (χ0n) is 19.1. The number of nitrogens with zero attached hydrogens (tertiary/aromatic N) is 1. The van der Waals surface area contributed by atoms with E-state index in [1.54, 1.807) is 0 Å². The Bertz CT molecular complexity index is 624. The fourth-order valence-electron chi connectivity index (χ4n) is 0.893.